The van der Waals surface area contributed by atoms with Crippen LogP contribution in [0.15, 0.2) is 46.3 Å². The van der Waals surface area contributed by atoms with E-state index in [1.54, 1.807) is 29.5 Å². The molecule has 0 aliphatic carbocycles. The van der Waals surface area contributed by atoms with Gasteiger partial charge in [0.1, 0.15) is 5.75 Å². The van der Waals surface area contributed by atoms with Gasteiger partial charge in [0.15, 0.2) is 0 Å². The van der Waals surface area contributed by atoms with Crippen LogP contribution >= 0.6 is 11.3 Å². The Morgan fingerprint density at radius 2 is 2.10 bits per heavy atom. The van der Waals surface area contributed by atoms with E-state index in [0.29, 0.717) is 18.0 Å². The SMILES string of the molecule is FC(F)Oc1ccccc1-c1noc(CN(Cc2cccs2)CC2CCCO2)n1. The molecule has 2 aromatic heterocycles. The van der Waals surface area contributed by atoms with E-state index in [1.807, 2.05) is 11.4 Å². The molecule has 1 aliphatic rings. The van der Waals surface area contributed by atoms with Crippen molar-refractivity contribution in [2.75, 3.05) is 13.2 Å². The number of thiophene rings is 1. The number of rotatable bonds is 9. The molecule has 0 N–H and O–H groups in total. The number of hydrogen-bond donors (Lipinski definition) is 0. The van der Waals surface area contributed by atoms with Crippen LogP contribution in [0.1, 0.15) is 23.6 Å². The summed E-state index contributed by atoms with van der Waals surface area (Å²) in [5.74, 6) is 0.662. The first kappa shape index (κ1) is 19.9. The molecular weight excluding hydrogens is 400 g/mol. The Bertz CT molecular complexity index is 898. The van der Waals surface area contributed by atoms with Gasteiger partial charge in [0.05, 0.1) is 18.2 Å². The lowest BCUT2D eigenvalue weighted by Crippen LogP contribution is -2.31. The highest BCUT2D eigenvalue weighted by molar-refractivity contribution is 7.09. The van der Waals surface area contributed by atoms with Crippen molar-refractivity contribution in [2.24, 2.45) is 0 Å². The summed E-state index contributed by atoms with van der Waals surface area (Å²) in [7, 11) is 0. The van der Waals surface area contributed by atoms with Crippen LogP contribution in [0.2, 0.25) is 0 Å². The third kappa shape index (κ3) is 5.37. The molecule has 1 saturated heterocycles. The molecule has 0 radical (unpaired) electrons. The first-order valence-electron chi connectivity index (χ1n) is 9.40. The first-order valence-corrected chi connectivity index (χ1v) is 10.3. The van der Waals surface area contributed by atoms with E-state index in [4.69, 9.17) is 9.26 Å². The normalized spacial score (nSPS) is 16.8. The molecule has 0 spiro atoms. The molecule has 154 valence electrons. The van der Waals surface area contributed by atoms with Crippen LogP contribution in [0.5, 0.6) is 5.75 Å². The standard InChI is InChI=1S/C20H21F2N3O3S/c21-20(22)27-17-8-2-1-7-16(17)19-23-18(28-24-19)13-25(11-14-5-3-9-26-14)12-15-6-4-10-29-15/h1-2,4,6-8,10,14,20H,3,5,9,11-13H2. The van der Waals surface area contributed by atoms with Gasteiger partial charge in [0.2, 0.25) is 11.7 Å². The zero-order valence-corrected chi connectivity index (χ0v) is 16.5. The summed E-state index contributed by atoms with van der Waals surface area (Å²) in [6.07, 6.45) is 2.30. The molecule has 0 bridgehead atoms. The monoisotopic (exact) mass is 421 g/mol. The Kier molecular flexibility index (Phi) is 6.48. The van der Waals surface area contributed by atoms with Gasteiger partial charge in [-0.2, -0.15) is 13.8 Å². The van der Waals surface area contributed by atoms with E-state index in [1.165, 1.54) is 10.9 Å². The molecule has 3 heterocycles. The van der Waals surface area contributed by atoms with Crippen LogP contribution in [0.3, 0.4) is 0 Å². The molecule has 0 saturated carbocycles. The minimum atomic E-state index is -2.92. The molecule has 29 heavy (non-hydrogen) atoms. The highest BCUT2D eigenvalue weighted by Gasteiger charge is 2.22. The summed E-state index contributed by atoms with van der Waals surface area (Å²) >= 11 is 1.69. The fourth-order valence-electron chi connectivity index (χ4n) is 3.35. The Morgan fingerprint density at radius 1 is 1.21 bits per heavy atom. The second kappa shape index (κ2) is 9.43. The zero-order valence-electron chi connectivity index (χ0n) is 15.7. The van der Waals surface area contributed by atoms with E-state index >= 15 is 0 Å². The van der Waals surface area contributed by atoms with E-state index in [2.05, 4.69) is 25.8 Å². The molecule has 1 atom stereocenters. The van der Waals surface area contributed by atoms with Crippen molar-refractivity contribution in [3.8, 4) is 17.1 Å². The summed E-state index contributed by atoms with van der Waals surface area (Å²) in [4.78, 5) is 7.85. The molecular formula is C20H21F2N3O3S. The van der Waals surface area contributed by atoms with Crippen molar-refractivity contribution in [3.63, 3.8) is 0 Å². The lowest BCUT2D eigenvalue weighted by molar-refractivity contribution is -0.0494. The van der Waals surface area contributed by atoms with Gasteiger partial charge in [-0.1, -0.05) is 23.4 Å². The fourth-order valence-corrected chi connectivity index (χ4v) is 4.10. The first-order chi connectivity index (χ1) is 14.2. The number of para-hydroxylation sites is 1. The maximum absolute atomic E-state index is 12.7. The van der Waals surface area contributed by atoms with Gasteiger partial charge >= 0.3 is 6.61 Å². The molecule has 9 heteroatoms. The van der Waals surface area contributed by atoms with Crippen molar-refractivity contribution in [1.29, 1.82) is 0 Å². The van der Waals surface area contributed by atoms with Crippen LogP contribution in [0.25, 0.3) is 11.4 Å². The number of halogens is 2. The molecule has 1 aliphatic heterocycles. The molecule has 1 unspecified atom stereocenters. The highest BCUT2D eigenvalue weighted by atomic mass is 32.1. The summed E-state index contributed by atoms with van der Waals surface area (Å²) in [6.45, 7) is -0.164. The Labute approximate surface area is 171 Å². The zero-order chi connectivity index (χ0) is 20.1. The number of benzene rings is 1. The van der Waals surface area contributed by atoms with Crippen molar-refractivity contribution >= 4 is 11.3 Å². The van der Waals surface area contributed by atoms with Crippen molar-refractivity contribution in [1.82, 2.24) is 15.0 Å². The van der Waals surface area contributed by atoms with Crippen molar-refractivity contribution < 1.29 is 22.8 Å². The molecule has 1 fully saturated rings. The number of nitrogens with zero attached hydrogens (tertiary/aromatic N) is 3. The number of aromatic nitrogens is 2. The largest absolute Gasteiger partial charge is 0.434 e. The van der Waals surface area contributed by atoms with Gasteiger partial charge < -0.3 is 14.0 Å². The summed E-state index contributed by atoms with van der Waals surface area (Å²) < 4.78 is 41.1. The third-order valence-electron chi connectivity index (χ3n) is 4.62. The van der Waals surface area contributed by atoms with Crippen LogP contribution in [-0.4, -0.2) is 40.9 Å². The predicted octanol–water partition coefficient (Wildman–Crippen LogP) is 4.58. The van der Waals surface area contributed by atoms with Crippen molar-refractivity contribution in [2.45, 2.75) is 38.6 Å². The van der Waals surface area contributed by atoms with Crippen LogP contribution in [0.4, 0.5) is 8.78 Å². The van der Waals surface area contributed by atoms with Crippen molar-refractivity contribution in [3.05, 3.63) is 52.5 Å². The van der Waals surface area contributed by atoms with Crippen LogP contribution in [-0.2, 0) is 17.8 Å². The number of hydrogen-bond acceptors (Lipinski definition) is 7. The average molecular weight is 421 g/mol. The Balaban J connectivity index is 1.49. The molecule has 1 aromatic carbocycles. The summed E-state index contributed by atoms with van der Waals surface area (Å²) in [5, 5.41) is 6.02. The summed E-state index contributed by atoms with van der Waals surface area (Å²) in [6, 6.07) is 10.5. The lowest BCUT2D eigenvalue weighted by atomic mass is 10.2. The van der Waals surface area contributed by atoms with Gasteiger partial charge in [-0.25, -0.2) is 0 Å². The topological polar surface area (TPSA) is 60.6 Å². The molecule has 6 nitrogen and oxygen atoms in total. The van der Waals surface area contributed by atoms with E-state index in [-0.39, 0.29) is 17.7 Å². The van der Waals surface area contributed by atoms with E-state index < -0.39 is 6.61 Å². The fraction of sp³-hybridized carbons (Fsp3) is 0.400. The molecule has 3 aromatic rings. The van der Waals surface area contributed by atoms with Gasteiger partial charge in [0, 0.05) is 24.6 Å². The Hall–Kier alpha value is -2.36. The number of ether oxygens (including phenoxy) is 2. The minimum Gasteiger partial charge on any atom is -0.434 e. The molecule has 4 rings (SSSR count). The quantitative estimate of drug-likeness (QED) is 0.504. The lowest BCUT2D eigenvalue weighted by Gasteiger charge is -2.23. The maximum Gasteiger partial charge on any atom is 0.387 e. The molecule has 0 amide bonds. The van der Waals surface area contributed by atoms with Gasteiger partial charge in [-0.3, -0.25) is 4.90 Å². The van der Waals surface area contributed by atoms with Crippen LogP contribution in [0, 0.1) is 0 Å². The average Bonchev–Trinajstić information content (AvgIpc) is 3.45. The third-order valence-corrected chi connectivity index (χ3v) is 5.48. The Morgan fingerprint density at radius 3 is 2.86 bits per heavy atom. The van der Waals surface area contributed by atoms with E-state index in [9.17, 15) is 8.78 Å². The smallest absolute Gasteiger partial charge is 0.387 e. The minimum absolute atomic E-state index is 0.0182. The second-order valence-electron chi connectivity index (χ2n) is 6.77. The number of alkyl halides is 2. The second-order valence-corrected chi connectivity index (χ2v) is 7.80. The summed E-state index contributed by atoms with van der Waals surface area (Å²) in [5.41, 5.74) is 0.367. The maximum atomic E-state index is 12.7. The highest BCUT2D eigenvalue weighted by Crippen LogP contribution is 2.29. The van der Waals surface area contributed by atoms with Gasteiger partial charge in [0.25, 0.3) is 0 Å². The van der Waals surface area contributed by atoms with Gasteiger partial charge in [-0.15, -0.1) is 11.3 Å². The van der Waals surface area contributed by atoms with Gasteiger partial charge in [-0.05, 0) is 36.4 Å². The predicted molar refractivity (Wildman–Crippen MR) is 104 cm³/mol. The van der Waals surface area contributed by atoms with E-state index in [0.717, 1.165) is 32.5 Å². The van der Waals surface area contributed by atoms with Crippen LogP contribution < -0.4 is 4.74 Å².